The van der Waals surface area contributed by atoms with Crippen LogP contribution in [0.15, 0.2) is 41.1 Å². The van der Waals surface area contributed by atoms with E-state index in [4.69, 9.17) is 0 Å². The Labute approximate surface area is 136 Å². The van der Waals surface area contributed by atoms with Gasteiger partial charge >= 0.3 is 0 Å². The van der Waals surface area contributed by atoms with Crippen molar-refractivity contribution in [1.29, 1.82) is 0 Å². The van der Waals surface area contributed by atoms with Crippen molar-refractivity contribution < 1.29 is 9.18 Å². The van der Waals surface area contributed by atoms with E-state index < -0.39 is 12.2 Å². The highest BCUT2D eigenvalue weighted by molar-refractivity contribution is 5.88. The third-order valence-electron chi connectivity index (χ3n) is 4.76. The number of alkyl halides is 1. The van der Waals surface area contributed by atoms with Gasteiger partial charge < -0.3 is 10.6 Å². The van der Waals surface area contributed by atoms with Crippen LogP contribution >= 0.6 is 0 Å². The van der Waals surface area contributed by atoms with Gasteiger partial charge in [0.15, 0.2) is 6.04 Å². The van der Waals surface area contributed by atoms with Gasteiger partial charge in [0, 0.05) is 11.9 Å². The van der Waals surface area contributed by atoms with E-state index >= 15 is 0 Å². The molecule has 1 aliphatic carbocycles. The molecular weight excluding hydrogens is 293 g/mol. The first-order valence-corrected chi connectivity index (χ1v) is 8.46. The summed E-state index contributed by atoms with van der Waals surface area (Å²) in [5.41, 5.74) is 0.755. The number of halogens is 1. The lowest BCUT2D eigenvalue weighted by atomic mass is 9.90. The Morgan fingerprint density at radius 3 is 3.00 bits per heavy atom. The molecule has 0 bridgehead atoms. The highest BCUT2D eigenvalue weighted by Crippen LogP contribution is 2.24. The number of nitrogens with one attached hydrogen (secondary N) is 2. The lowest BCUT2D eigenvalue weighted by Gasteiger charge is -2.20. The predicted molar refractivity (Wildman–Crippen MR) is 90.0 cm³/mol. The van der Waals surface area contributed by atoms with E-state index in [0.29, 0.717) is 5.92 Å². The first-order chi connectivity index (χ1) is 11.2. The van der Waals surface area contributed by atoms with Crippen LogP contribution in [0.4, 0.5) is 4.39 Å². The number of dihydropyridines is 1. The summed E-state index contributed by atoms with van der Waals surface area (Å²) in [5, 5.41) is 6.17. The summed E-state index contributed by atoms with van der Waals surface area (Å²) in [4.78, 5) is 16.0. The van der Waals surface area contributed by atoms with Gasteiger partial charge in [-0.3, -0.25) is 9.79 Å². The number of carbonyl (C=O) groups is 1. The van der Waals surface area contributed by atoms with Crippen LogP contribution in [-0.2, 0) is 4.79 Å². The lowest BCUT2D eigenvalue weighted by Crippen LogP contribution is -2.39. The van der Waals surface area contributed by atoms with Crippen LogP contribution in [0, 0.1) is 11.8 Å². The van der Waals surface area contributed by atoms with Crippen LogP contribution < -0.4 is 10.6 Å². The molecule has 2 N–H and O–H groups in total. The molecule has 2 aliphatic heterocycles. The fourth-order valence-electron chi connectivity index (χ4n) is 3.30. The second kappa shape index (κ2) is 7.68. The van der Waals surface area contributed by atoms with Crippen molar-refractivity contribution >= 4 is 12.1 Å². The molecule has 4 nitrogen and oxygen atoms in total. The highest BCUT2D eigenvalue weighted by Gasteiger charge is 2.27. The van der Waals surface area contributed by atoms with Crippen molar-refractivity contribution in [2.24, 2.45) is 16.8 Å². The molecular formula is C18H24FN3O. The van der Waals surface area contributed by atoms with Gasteiger partial charge in [-0.25, -0.2) is 4.39 Å². The molecule has 2 heterocycles. The number of allylic oxidation sites excluding steroid dienone is 4. The summed E-state index contributed by atoms with van der Waals surface area (Å²) in [6.07, 6.45) is 13.8. The molecule has 5 heteroatoms. The van der Waals surface area contributed by atoms with Crippen LogP contribution in [0.5, 0.6) is 0 Å². The molecule has 3 aliphatic rings. The molecule has 0 aromatic rings. The van der Waals surface area contributed by atoms with E-state index in [1.807, 2.05) is 12.2 Å². The van der Waals surface area contributed by atoms with Gasteiger partial charge in [0.2, 0.25) is 0 Å². The van der Waals surface area contributed by atoms with Crippen LogP contribution in [0.3, 0.4) is 0 Å². The molecule has 1 saturated heterocycles. The highest BCUT2D eigenvalue weighted by atomic mass is 19.1. The standard InChI is InChI=1S/C18H24FN3O/c19-16-2-1-10-21-17(16)18(23)22-15-7-5-13(6-8-15)3-4-14-9-11-20-12-14/h1-2,5,7-8,10,13-14,16-17,20H,3-4,6,9,11-12H2,(H,22,23). The van der Waals surface area contributed by atoms with Crippen LogP contribution in [0.2, 0.25) is 0 Å². The molecule has 1 fully saturated rings. The number of hydrogen-bond acceptors (Lipinski definition) is 3. The summed E-state index contributed by atoms with van der Waals surface area (Å²) in [6, 6.07) is -0.970. The molecule has 0 aromatic heterocycles. The molecule has 1 amide bonds. The van der Waals surface area contributed by atoms with E-state index in [1.54, 1.807) is 0 Å². The molecule has 23 heavy (non-hydrogen) atoms. The fraction of sp³-hybridized carbons (Fsp3) is 0.556. The SMILES string of the molecule is O=C(NC1=CCC(CCC2CCNC2)C=C1)C1N=CC=CC1F. The van der Waals surface area contributed by atoms with Gasteiger partial charge in [0.25, 0.3) is 5.91 Å². The minimum Gasteiger partial charge on any atom is -0.324 e. The zero-order valence-corrected chi connectivity index (χ0v) is 13.2. The Bertz CT molecular complexity index is 546. The molecule has 4 atom stereocenters. The Kier molecular flexibility index (Phi) is 5.39. The minimum atomic E-state index is -1.35. The summed E-state index contributed by atoms with van der Waals surface area (Å²) in [5.74, 6) is 0.970. The number of carbonyl (C=O) groups excluding carboxylic acids is 1. The number of hydrogen-bond donors (Lipinski definition) is 2. The molecule has 0 spiro atoms. The smallest absolute Gasteiger partial charge is 0.252 e. The maximum absolute atomic E-state index is 13.7. The van der Waals surface area contributed by atoms with Crippen LogP contribution in [-0.4, -0.2) is 37.4 Å². The zero-order chi connectivity index (χ0) is 16.1. The third-order valence-corrected chi connectivity index (χ3v) is 4.76. The number of amides is 1. The second-order valence-electron chi connectivity index (χ2n) is 6.51. The van der Waals surface area contributed by atoms with E-state index in [1.165, 1.54) is 37.6 Å². The Morgan fingerprint density at radius 1 is 1.39 bits per heavy atom. The molecule has 0 saturated carbocycles. The molecule has 124 valence electrons. The van der Waals surface area contributed by atoms with Gasteiger partial charge in [0.05, 0.1) is 0 Å². The largest absolute Gasteiger partial charge is 0.324 e. The van der Waals surface area contributed by atoms with E-state index in [0.717, 1.165) is 31.1 Å². The average molecular weight is 317 g/mol. The number of nitrogens with zero attached hydrogens (tertiary/aromatic N) is 1. The van der Waals surface area contributed by atoms with Crippen molar-refractivity contribution in [3.63, 3.8) is 0 Å². The fourth-order valence-corrected chi connectivity index (χ4v) is 3.30. The normalized spacial score (nSPS) is 32.8. The van der Waals surface area contributed by atoms with Crippen molar-refractivity contribution in [2.75, 3.05) is 13.1 Å². The molecule has 4 unspecified atom stereocenters. The van der Waals surface area contributed by atoms with E-state index in [-0.39, 0.29) is 5.91 Å². The quantitative estimate of drug-likeness (QED) is 0.817. The topological polar surface area (TPSA) is 53.5 Å². The zero-order valence-electron chi connectivity index (χ0n) is 13.2. The van der Waals surface area contributed by atoms with E-state index in [2.05, 4.69) is 21.7 Å². The summed E-state index contributed by atoms with van der Waals surface area (Å²) in [6.45, 7) is 2.30. The van der Waals surface area contributed by atoms with Crippen LogP contribution in [0.25, 0.3) is 0 Å². The minimum absolute atomic E-state index is 0.385. The molecule has 3 rings (SSSR count). The number of aliphatic imine (C=N–C) groups is 1. The molecule has 0 radical (unpaired) electrons. The first-order valence-electron chi connectivity index (χ1n) is 8.46. The molecule has 0 aromatic carbocycles. The Hall–Kier alpha value is -1.75. The first kappa shape index (κ1) is 16.1. The van der Waals surface area contributed by atoms with Gasteiger partial charge in [-0.2, -0.15) is 0 Å². The Balaban J connectivity index is 1.44. The van der Waals surface area contributed by atoms with Gasteiger partial charge in [-0.05, 0) is 68.8 Å². The lowest BCUT2D eigenvalue weighted by molar-refractivity contribution is -0.122. The summed E-state index contributed by atoms with van der Waals surface area (Å²) < 4.78 is 13.7. The van der Waals surface area contributed by atoms with E-state index in [9.17, 15) is 9.18 Å². The van der Waals surface area contributed by atoms with Crippen molar-refractivity contribution in [1.82, 2.24) is 10.6 Å². The van der Waals surface area contributed by atoms with Crippen molar-refractivity contribution in [3.8, 4) is 0 Å². The number of rotatable bonds is 5. The average Bonchev–Trinajstić information content (AvgIpc) is 3.08. The second-order valence-corrected chi connectivity index (χ2v) is 6.51. The third kappa shape index (κ3) is 4.38. The van der Waals surface area contributed by atoms with Crippen molar-refractivity contribution in [3.05, 3.63) is 36.1 Å². The Morgan fingerprint density at radius 2 is 2.30 bits per heavy atom. The van der Waals surface area contributed by atoms with Crippen molar-refractivity contribution in [2.45, 2.75) is 37.9 Å². The van der Waals surface area contributed by atoms with Gasteiger partial charge in [-0.1, -0.05) is 12.2 Å². The van der Waals surface area contributed by atoms with Gasteiger partial charge in [0.1, 0.15) is 6.17 Å². The predicted octanol–water partition coefficient (Wildman–Crippen LogP) is 2.30. The maximum Gasteiger partial charge on any atom is 0.252 e. The monoisotopic (exact) mass is 317 g/mol. The van der Waals surface area contributed by atoms with Gasteiger partial charge in [-0.15, -0.1) is 0 Å². The van der Waals surface area contributed by atoms with Crippen LogP contribution in [0.1, 0.15) is 25.7 Å². The summed E-state index contributed by atoms with van der Waals surface area (Å²) in [7, 11) is 0. The maximum atomic E-state index is 13.7. The summed E-state index contributed by atoms with van der Waals surface area (Å²) >= 11 is 0.